The molecular weight excluding hydrogens is 245 g/mol. The predicted molar refractivity (Wildman–Crippen MR) is 70.1 cm³/mol. The van der Waals surface area contributed by atoms with Gasteiger partial charge in [-0.2, -0.15) is 0 Å². The summed E-state index contributed by atoms with van der Waals surface area (Å²) < 4.78 is 19.1. The number of halogens is 1. The number of hydrogen-bond donors (Lipinski definition) is 1. The largest absolute Gasteiger partial charge is 0.483 e. The molecule has 0 fully saturated rings. The molecule has 0 saturated heterocycles. The Morgan fingerprint density at radius 1 is 1.26 bits per heavy atom. The smallest absolute Gasteiger partial charge is 0.166 e. The van der Waals surface area contributed by atoms with Crippen LogP contribution in [0.2, 0.25) is 0 Å². The molecule has 19 heavy (non-hydrogen) atoms. The molecule has 100 valence electrons. The first-order chi connectivity index (χ1) is 9.29. The molecule has 0 aliphatic heterocycles. The first-order valence-electron chi connectivity index (χ1n) is 6.17. The van der Waals surface area contributed by atoms with Crippen LogP contribution in [-0.4, -0.2) is 16.5 Å². The maximum absolute atomic E-state index is 13.8. The minimum absolute atomic E-state index is 0.157. The zero-order chi connectivity index (χ0) is 13.5. The second-order valence-electron chi connectivity index (χ2n) is 4.00. The lowest BCUT2D eigenvalue weighted by Gasteiger charge is -2.08. The van der Waals surface area contributed by atoms with Crippen molar-refractivity contribution in [2.24, 2.45) is 0 Å². The van der Waals surface area contributed by atoms with Crippen LogP contribution in [-0.2, 0) is 13.2 Å². The molecule has 0 aliphatic rings. The van der Waals surface area contributed by atoms with Crippen molar-refractivity contribution in [2.75, 3.05) is 6.54 Å². The topological polar surface area (TPSA) is 47.0 Å². The van der Waals surface area contributed by atoms with Gasteiger partial charge < -0.3 is 10.1 Å². The van der Waals surface area contributed by atoms with Crippen molar-refractivity contribution < 1.29 is 9.13 Å². The predicted octanol–water partition coefficient (Wildman–Crippen LogP) is 2.30. The van der Waals surface area contributed by atoms with Gasteiger partial charge in [-0.3, -0.25) is 0 Å². The zero-order valence-corrected chi connectivity index (χ0v) is 10.8. The molecule has 1 heterocycles. The summed E-state index contributed by atoms with van der Waals surface area (Å²) in [7, 11) is 0. The molecule has 0 spiro atoms. The highest BCUT2D eigenvalue weighted by Gasteiger charge is 2.05. The van der Waals surface area contributed by atoms with E-state index in [4.69, 9.17) is 4.74 Å². The minimum Gasteiger partial charge on any atom is -0.483 e. The SMILES string of the molecule is CCNCc1ccc(OCc2ncccn2)c(F)c1. The van der Waals surface area contributed by atoms with Gasteiger partial charge in [0.2, 0.25) is 0 Å². The lowest BCUT2D eigenvalue weighted by molar-refractivity contribution is 0.281. The Morgan fingerprint density at radius 3 is 2.74 bits per heavy atom. The highest BCUT2D eigenvalue weighted by Crippen LogP contribution is 2.19. The van der Waals surface area contributed by atoms with Crippen molar-refractivity contribution in [1.82, 2.24) is 15.3 Å². The van der Waals surface area contributed by atoms with E-state index < -0.39 is 0 Å². The van der Waals surface area contributed by atoms with E-state index in [9.17, 15) is 4.39 Å². The van der Waals surface area contributed by atoms with Gasteiger partial charge in [0, 0.05) is 18.9 Å². The van der Waals surface area contributed by atoms with Crippen molar-refractivity contribution in [3.63, 3.8) is 0 Å². The molecular formula is C14H16FN3O. The summed E-state index contributed by atoms with van der Waals surface area (Å²) in [5.41, 5.74) is 0.891. The maximum Gasteiger partial charge on any atom is 0.166 e. The van der Waals surface area contributed by atoms with E-state index in [0.29, 0.717) is 12.4 Å². The van der Waals surface area contributed by atoms with Gasteiger partial charge in [-0.15, -0.1) is 0 Å². The standard InChI is InChI=1S/C14H16FN3O/c1-2-16-9-11-4-5-13(12(15)8-11)19-10-14-17-6-3-7-18-14/h3-8,16H,2,9-10H2,1H3. The fraction of sp³-hybridized carbons (Fsp3) is 0.286. The van der Waals surface area contributed by atoms with Gasteiger partial charge in [0.25, 0.3) is 0 Å². The Kier molecular flexibility index (Phi) is 4.80. The molecule has 0 amide bonds. The van der Waals surface area contributed by atoms with E-state index in [1.54, 1.807) is 24.5 Å². The van der Waals surface area contributed by atoms with Crippen molar-refractivity contribution in [3.8, 4) is 5.75 Å². The van der Waals surface area contributed by atoms with Gasteiger partial charge in [-0.1, -0.05) is 13.0 Å². The van der Waals surface area contributed by atoms with E-state index >= 15 is 0 Å². The van der Waals surface area contributed by atoms with Gasteiger partial charge in [0.1, 0.15) is 6.61 Å². The summed E-state index contributed by atoms with van der Waals surface area (Å²) in [5.74, 6) is 0.373. The molecule has 2 rings (SSSR count). The normalized spacial score (nSPS) is 10.4. The van der Waals surface area contributed by atoms with Gasteiger partial charge in [-0.25, -0.2) is 14.4 Å². The third-order valence-corrected chi connectivity index (χ3v) is 2.55. The van der Waals surface area contributed by atoms with Crippen molar-refractivity contribution in [1.29, 1.82) is 0 Å². The van der Waals surface area contributed by atoms with Crippen molar-refractivity contribution in [2.45, 2.75) is 20.1 Å². The second-order valence-corrected chi connectivity index (χ2v) is 4.00. The van der Waals surface area contributed by atoms with Gasteiger partial charge >= 0.3 is 0 Å². The summed E-state index contributed by atoms with van der Waals surface area (Å²) in [6, 6.07) is 6.67. The summed E-state index contributed by atoms with van der Waals surface area (Å²) >= 11 is 0. The first-order valence-corrected chi connectivity index (χ1v) is 6.17. The highest BCUT2D eigenvalue weighted by atomic mass is 19.1. The summed E-state index contributed by atoms with van der Waals surface area (Å²) in [4.78, 5) is 8.03. The van der Waals surface area contributed by atoms with Crippen LogP contribution in [0.3, 0.4) is 0 Å². The monoisotopic (exact) mass is 261 g/mol. The number of aromatic nitrogens is 2. The number of hydrogen-bond acceptors (Lipinski definition) is 4. The molecule has 0 atom stereocenters. The molecule has 0 unspecified atom stereocenters. The molecule has 0 radical (unpaired) electrons. The van der Waals surface area contributed by atoms with Crippen LogP contribution < -0.4 is 10.1 Å². The van der Waals surface area contributed by atoms with Crippen LogP contribution in [0.5, 0.6) is 5.75 Å². The number of ether oxygens (including phenoxy) is 1. The fourth-order valence-corrected chi connectivity index (χ4v) is 1.59. The molecule has 0 saturated carbocycles. The molecule has 2 aromatic rings. The van der Waals surface area contributed by atoms with Gasteiger partial charge in [0.05, 0.1) is 0 Å². The molecule has 1 aromatic carbocycles. The quantitative estimate of drug-likeness (QED) is 0.866. The van der Waals surface area contributed by atoms with Crippen LogP contribution in [0, 0.1) is 5.82 Å². The van der Waals surface area contributed by atoms with Crippen LogP contribution in [0.25, 0.3) is 0 Å². The van der Waals surface area contributed by atoms with Gasteiger partial charge in [0.15, 0.2) is 17.4 Å². The van der Waals surface area contributed by atoms with Crippen LogP contribution in [0.4, 0.5) is 4.39 Å². The third kappa shape index (κ3) is 3.99. The minimum atomic E-state index is -0.369. The molecule has 1 N–H and O–H groups in total. The van der Waals surface area contributed by atoms with Crippen LogP contribution >= 0.6 is 0 Å². The Morgan fingerprint density at radius 2 is 2.05 bits per heavy atom. The number of benzene rings is 1. The summed E-state index contributed by atoms with van der Waals surface area (Å²) in [6.07, 6.45) is 3.25. The number of nitrogens with zero attached hydrogens (tertiary/aromatic N) is 2. The van der Waals surface area contributed by atoms with Crippen LogP contribution in [0.15, 0.2) is 36.7 Å². The van der Waals surface area contributed by atoms with E-state index in [1.807, 2.05) is 13.0 Å². The Bertz CT molecular complexity index is 519. The molecule has 0 bridgehead atoms. The highest BCUT2D eigenvalue weighted by molar-refractivity contribution is 5.29. The molecule has 1 aromatic heterocycles. The van der Waals surface area contributed by atoms with E-state index in [2.05, 4.69) is 15.3 Å². The van der Waals surface area contributed by atoms with Crippen LogP contribution in [0.1, 0.15) is 18.3 Å². The Labute approximate surface area is 111 Å². The molecule has 5 heteroatoms. The lowest BCUT2D eigenvalue weighted by Crippen LogP contribution is -2.12. The van der Waals surface area contributed by atoms with E-state index in [-0.39, 0.29) is 18.2 Å². The number of rotatable bonds is 6. The zero-order valence-electron chi connectivity index (χ0n) is 10.8. The first kappa shape index (κ1) is 13.4. The average molecular weight is 261 g/mol. The molecule has 4 nitrogen and oxygen atoms in total. The van der Waals surface area contributed by atoms with Gasteiger partial charge in [-0.05, 0) is 30.3 Å². The average Bonchev–Trinajstić information content (AvgIpc) is 2.45. The van der Waals surface area contributed by atoms with Crippen molar-refractivity contribution in [3.05, 3.63) is 53.9 Å². The number of nitrogens with one attached hydrogen (secondary N) is 1. The Hall–Kier alpha value is -2.01. The van der Waals surface area contributed by atoms with Crippen molar-refractivity contribution >= 4 is 0 Å². The second kappa shape index (κ2) is 6.80. The summed E-state index contributed by atoms with van der Waals surface area (Å²) in [6.45, 7) is 3.67. The maximum atomic E-state index is 13.8. The lowest BCUT2D eigenvalue weighted by atomic mass is 10.2. The Balaban J connectivity index is 1.97. The van der Waals surface area contributed by atoms with E-state index in [1.165, 1.54) is 6.07 Å². The molecule has 0 aliphatic carbocycles. The fourth-order valence-electron chi connectivity index (χ4n) is 1.59. The van der Waals surface area contributed by atoms with E-state index in [0.717, 1.165) is 12.1 Å². The third-order valence-electron chi connectivity index (χ3n) is 2.55. The summed E-state index contributed by atoms with van der Waals surface area (Å²) in [5, 5.41) is 3.14.